The zero-order chi connectivity index (χ0) is 27.1. The van der Waals surface area contributed by atoms with Gasteiger partial charge in [-0.25, -0.2) is 8.78 Å². The Morgan fingerprint density at radius 3 is 2.21 bits per heavy atom. The highest BCUT2D eigenvalue weighted by atomic mass is 19.1. The molecule has 0 aliphatic heterocycles. The lowest BCUT2D eigenvalue weighted by atomic mass is 9.92. The first-order valence-corrected chi connectivity index (χ1v) is 12.9. The number of halogens is 2. The number of carbonyl (C=O) groups is 1. The van der Waals surface area contributed by atoms with Gasteiger partial charge in [-0.1, -0.05) is 78.4 Å². The van der Waals surface area contributed by atoms with Crippen LogP contribution in [0.4, 0.5) is 8.78 Å². The Morgan fingerprint density at radius 1 is 0.868 bits per heavy atom. The lowest BCUT2D eigenvalue weighted by Gasteiger charge is -2.37. The lowest BCUT2D eigenvalue weighted by Crippen LogP contribution is -2.33. The molecule has 2 atom stereocenters. The zero-order valence-corrected chi connectivity index (χ0v) is 22.0. The van der Waals surface area contributed by atoms with Crippen molar-refractivity contribution < 1.29 is 18.3 Å². The number of nitrogens with zero attached hydrogens (tertiary/aromatic N) is 1. The average Bonchev–Trinajstić information content (AvgIpc) is 2.91. The topological polar surface area (TPSA) is 29.5 Å². The minimum absolute atomic E-state index is 0.0395. The minimum Gasteiger partial charge on any atom is -0.466 e. The fourth-order valence-corrected chi connectivity index (χ4v) is 4.92. The molecule has 4 aromatic rings. The Hall–Kier alpha value is -3.83. The first kappa shape index (κ1) is 27.2. The van der Waals surface area contributed by atoms with Gasteiger partial charge in [-0.05, 0) is 61.2 Å². The number of benzene rings is 4. The number of esters is 1. The maximum absolute atomic E-state index is 14.8. The van der Waals surface area contributed by atoms with E-state index in [-0.39, 0.29) is 24.5 Å². The van der Waals surface area contributed by atoms with E-state index in [0.717, 1.165) is 28.3 Å². The molecule has 0 fully saturated rings. The maximum Gasteiger partial charge on any atom is 0.307 e. The molecule has 196 valence electrons. The highest BCUT2D eigenvalue weighted by Gasteiger charge is 2.29. The Labute approximate surface area is 223 Å². The number of hydrogen-bond acceptors (Lipinski definition) is 3. The standard InChI is InChI=1S/C33H33F2NO2/c1-4-38-33(37)21-32(28-18-23(2)17-27(19-28)30-16-15-29(34)20-31(30)35)36(22-25-11-7-5-8-12-25)24(3)26-13-9-6-10-14-26/h5-20,24,32H,4,21-22H2,1-3H3. The number of rotatable bonds is 10. The Morgan fingerprint density at radius 2 is 1.55 bits per heavy atom. The molecule has 2 unspecified atom stereocenters. The largest absolute Gasteiger partial charge is 0.466 e. The van der Waals surface area contributed by atoms with E-state index < -0.39 is 11.6 Å². The molecule has 38 heavy (non-hydrogen) atoms. The summed E-state index contributed by atoms with van der Waals surface area (Å²) in [5.41, 5.74) is 4.98. The predicted octanol–water partition coefficient (Wildman–Crippen LogP) is 8.20. The van der Waals surface area contributed by atoms with Crippen molar-refractivity contribution in [3.8, 4) is 11.1 Å². The van der Waals surface area contributed by atoms with Crippen molar-refractivity contribution in [1.82, 2.24) is 4.90 Å². The average molecular weight is 514 g/mol. The van der Waals surface area contributed by atoms with Crippen LogP contribution in [0, 0.1) is 18.6 Å². The molecule has 0 N–H and O–H groups in total. The van der Waals surface area contributed by atoms with E-state index in [1.807, 2.05) is 61.5 Å². The number of hydrogen-bond donors (Lipinski definition) is 0. The van der Waals surface area contributed by atoms with Gasteiger partial charge in [-0.3, -0.25) is 9.69 Å². The van der Waals surface area contributed by atoms with Gasteiger partial charge in [-0.2, -0.15) is 0 Å². The second-order valence-electron chi connectivity index (χ2n) is 9.53. The quantitative estimate of drug-likeness (QED) is 0.200. The van der Waals surface area contributed by atoms with Crippen LogP contribution >= 0.6 is 0 Å². The molecular weight excluding hydrogens is 480 g/mol. The van der Waals surface area contributed by atoms with Crippen molar-refractivity contribution in [2.75, 3.05) is 6.61 Å². The van der Waals surface area contributed by atoms with Gasteiger partial charge in [0.15, 0.2) is 0 Å². The van der Waals surface area contributed by atoms with Crippen molar-refractivity contribution in [2.45, 2.75) is 45.8 Å². The maximum atomic E-state index is 14.8. The summed E-state index contributed by atoms with van der Waals surface area (Å²) < 4.78 is 33.8. The first-order valence-electron chi connectivity index (χ1n) is 12.9. The van der Waals surface area contributed by atoms with Crippen LogP contribution in [0.5, 0.6) is 0 Å². The molecule has 0 heterocycles. The highest BCUT2D eigenvalue weighted by Crippen LogP contribution is 2.37. The Kier molecular flexibility index (Phi) is 9.03. The van der Waals surface area contributed by atoms with Crippen molar-refractivity contribution in [1.29, 1.82) is 0 Å². The monoisotopic (exact) mass is 513 g/mol. The van der Waals surface area contributed by atoms with E-state index >= 15 is 0 Å². The second kappa shape index (κ2) is 12.6. The van der Waals surface area contributed by atoms with E-state index in [2.05, 4.69) is 36.1 Å². The third-order valence-electron chi connectivity index (χ3n) is 6.78. The summed E-state index contributed by atoms with van der Waals surface area (Å²) in [7, 11) is 0. The van der Waals surface area contributed by atoms with E-state index in [9.17, 15) is 13.6 Å². The van der Waals surface area contributed by atoms with E-state index in [4.69, 9.17) is 4.74 Å². The molecule has 0 aliphatic rings. The summed E-state index contributed by atoms with van der Waals surface area (Å²) in [5.74, 6) is -1.54. The summed E-state index contributed by atoms with van der Waals surface area (Å²) in [4.78, 5) is 15.2. The number of aryl methyl sites for hydroxylation is 1. The third-order valence-corrected chi connectivity index (χ3v) is 6.78. The molecule has 0 aliphatic carbocycles. The van der Waals surface area contributed by atoms with Gasteiger partial charge < -0.3 is 4.74 Å². The van der Waals surface area contributed by atoms with Crippen LogP contribution in [0.2, 0.25) is 0 Å². The van der Waals surface area contributed by atoms with Crippen LogP contribution in [-0.2, 0) is 16.1 Å². The predicted molar refractivity (Wildman–Crippen MR) is 147 cm³/mol. The molecule has 0 spiro atoms. The summed E-state index contributed by atoms with van der Waals surface area (Å²) in [6.45, 7) is 6.75. The number of carbonyl (C=O) groups excluding carboxylic acids is 1. The van der Waals surface area contributed by atoms with Gasteiger partial charge in [0.1, 0.15) is 11.6 Å². The van der Waals surface area contributed by atoms with Crippen LogP contribution in [-0.4, -0.2) is 17.5 Å². The van der Waals surface area contributed by atoms with Crippen LogP contribution < -0.4 is 0 Å². The molecule has 3 nitrogen and oxygen atoms in total. The molecule has 4 aromatic carbocycles. The van der Waals surface area contributed by atoms with Crippen molar-refractivity contribution in [3.63, 3.8) is 0 Å². The van der Waals surface area contributed by atoms with Crippen LogP contribution in [0.15, 0.2) is 97.1 Å². The van der Waals surface area contributed by atoms with Crippen molar-refractivity contribution >= 4 is 5.97 Å². The number of ether oxygens (including phenoxy) is 1. The zero-order valence-electron chi connectivity index (χ0n) is 22.0. The summed E-state index contributed by atoms with van der Waals surface area (Å²) >= 11 is 0. The molecule has 5 heteroatoms. The summed E-state index contributed by atoms with van der Waals surface area (Å²) in [5, 5.41) is 0. The van der Waals surface area contributed by atoms with Gasteiger partial charge in [0.25, 0.3) is 0 Å². The van der Waals surface area contributed by atoms with Crippen LogP contribution in [0.3, 0.4) is 0 Å². The van der Waals surface area contributed by atoms with Crippen LogP contribution in [0.1, 0.15) is 54.6 Å². The van der Waals surface area contributed by atoms with Crippen molar-refractivity contribution in [2.24, 2.45) is 0 Å². The Balaban J connectivity index is 1.84. The third kappa shape index (κ3) is 6.73. The normalized spacial score (nSPS) is 12.8. The molecule has 0 radical (unpaired) electrons. The first-order chi connectivity index (χ1) is 18.4. The van der Waals surface area contributed by atoms with Gasteiger partial charge in [-0.15, -0.1) is 0 Å². The lowest BCUT2D eigenvalue weighted by molar-refractivity contribution is -0.145. The summed E-state index contributed by atoms with van der Waals surface area (Å²) in [6.07, 6.45) is 0.132. The smallest absolute Gasteiger partial charge is 0.307 e. The molecule has 0 aromatic heterocycles. The van der Waals surface area contributed by atoms with Gasteiger partial charge in [0.05, 0.1) is 13.0 Å². The molecule has 0 saturated carbocycles. The molecule has 4 rings (SSSR count). The van der Waals surface area contributed by atoms with Crippen LogP contribution in [0.25, 0.3) is 11.1 Å². The van der Waals surface area contributed by atoms with E-state index in [1.165, 1.54) is 12.1 Å². The fraction of sp³-hybridized carbons (Fsp3) is 0.242. The summed E-state index contributed by atoms with van der Waals surface area (Å²) in [6, 6.07) is 29.3. The van der Waals surface area contributed by atoms with E-state index in [0.29, 0.717) is 24.3 Å². The van der Waals surface area contributed by atoms with Gasteiger partial charge in [0.2, 0.25) is 0 Å². The SMILES string of the molecule is CCOC(=O)CC(c1cc(C)cc(-c2ccc(F)cc2F)c1)N(Cc1ccccc1)C(C)c1ccccc1. The second-order valence-corrected chi connectivity index (χ2v) is 9.53. The molecule has 0 bridgehead atoms. The molecule has 0 saturated heterocycles. The molecule has 0 amide bonds. The van der Waals surface area contributed by atoms with Gasteiger partial charge >= 0.3 is 5.97 Å². The van der Waals surface area contributed by atoms with Gasteiger partial charge in [0, 0.05) is 30.3 Å². The molecular formula is C33H33F2NO2. The minimum atomic E-state index is -0.623. The van der Waals surface area contributed by atoms with E-state index in [1.54, 1.807) is 6.92 Å². The Bertz CT molecular complexity index is 1360. The van der Waals surface area contributed by atoms with Crippen molar-refractivity contribution in [3.05, 3.63) is 131 Å². The fourth-order valence-electron chi connectivity index (χ4n) is 4.92. The highest BCUT2D eigenvalue weighted by molar-refractivity contribution is 5.71.